The molecule has 33 heavy (non-hydrogen) atoms. The van der Waals surface area contributed by atoms with Gasteiger partial charge in [0.25, 0.3) is 0 Å². The number of nitrogens with one attached hydrogen (secondary N) is 2. The molecule has 0 bridgehead atoms. The van der Waals surface area contributed by atoms with Gasteiger partial charge in [-0.15, -0.1) is 11.3 Å². The maximum Gasteiger partial charge on any atom is 0.228 e. The van der Waals surface area contributed by atoms with Crippen molar-refractivity contribution in [1.29, 1.82) is 0 Å². The van der Waals surface area contributed by atoms with Gasteiger partial charge in [-0.1, -0.05) is 12.8 Å². The summed E-state index contributed by atoms with van der Waals surface area (Å²) in [5.74, 6) is 1.95. The Morgan fingerprint density at radius 1 is 1.09 bits per heavy atom. The first kappa shape index (κ1) is 21.2. The van der Waals surface area contributed by atoms with Gasteiger partial charge in [0.2, 0.25) is 5.95 Å². The lowest BCUT2D eigenvalue weighted by molar-refractivity contribution is -0.00243. The summed E-state index contributed by atoms with van der Waals surface area (Å²) < 4.78 is 1.15. The third kappa shape index (κ3) is 4.42. The van der Waals surface area contributed by atoms with Crippen LogP contribution in [-0.4, -0.2) is 70.3 Å². The van der Waals surface area contributed by atoms with E-state index in [0.29, 0.717) is 11.9 Å². The van der Waals surface area contributed by atoms with Crippen molar-refractivity contribution in [2.24, 2.45) is 0 Å². The number of hydrogen-bond donors (Lipinski definition) is 3. The molecule has 0 spiro atoms. The van der Waals surface area contributed by atoms with Crippen LogP contribution in [0.1, 0.15) is 42.0 Å². The lowest BCUT2D eigenvalue weighted by Gasteiger charge is -2.35. The van der Waals surface area contributed by atoms with Gasteiger partial charge in [0.1, 0.15) is 5.82 Å². The summed E-state index contributed by atoms with van der Waals surface area (Å²) in [7, 11) is 0. The fourth-order valence-corrected chi connectivity index (χ4v) is 6.57. The molecule has 0 atom stereocenters. The van der Waals surface area contributed by atoms with Gasteiger partial charge in [0.15, 0.2) is 0 Å². The Morgan fingerprint density at radius 2 is 1.91 bits per heavy atom. The van der Waals surface area contributed by atoms with Crippen molar-refractivity contribution in [3.05, 3.63) is 35.0 Å². The molecule has 0 radical (unpaired) electrons. The van der Waals surface area contributed by atoms with Gasteiger partial charge in [0.05, 0.1) is 34.4 Å². The number of β-amino-alcohol motifs (C(OH)–C–C–N with tert-alkyl or cyclic N) is 1. The van der Waals surface area contributed by atoms with Crippen LogP contribution < -0.4 is 15.5 Å². The number of likely N-dealkylation sites (tertiary alicyclic amines) is 1. The van der Waals surface area contributed by atoms with Crippen LogP contribution >= 0.6 is 11.3 Å². The molecule has 1 saturated carbocycles. The lowest BCUT2D eigenvalue weighted by Crippen LogP contribution is -2.49. The molecule has 9 heteroatoms. The first-order valence-electron chi connectivity index (χ1n) is 12.1. The van der Waals surface area contributed by atoms with Crippen LogP contribution in [0.25, 0.3) is 10.2 Å². The van der Waals surface area contributed by atoms with E-state index in [2.05, 4.69) is 36.5 Å². The number of fused-ring (bicyclic) bond motifs is 1. The van der Waals surface area contributed by atoms with Crippen LogP contribution in [0.15, 0.2) is 24.5 Å². The summed E-state index contributed by atoms with van der Waals surface area (Å²) in [6, 6.07) is 4.13. The number of pyridine rings is 1. The van der Waals surface area contributed by atoms with Crippen LogP contribution in [0, 0.1) is 0 Å². The van der Waals surface area contributed by atoms with E-state index in [9.17, 15) is 5.11 Å². The number of aromatic nitrogens is 3. The fourth-order valence-electron chi connectivity index (χ4n) is 5.33. The predicted molar refractivity (Wildman–Crippen MR) is 133 cm³/mol. The van der Waals surface area contributed by atoms with E-state index in [0.717, 1.165) is 67.5 Å². The van der Waals surface area contributed by atoms with Crippen LogP contribution in [0.2, 0.25) is 0 Å². The van der Waals surface area contributed by atoms with Crippen LogP contribution in [-0.2, 0) is 6.54 Å². The Bertz CT molecular complexity index is 1100. The third-order valence-corrected chi connectivity index (χ3v) is 8.20. The highest BCUT2D eigenvalue weighted by Crippen LogP contribution is 2.43. The highest BCUT2D eigenvalue weighted by molar-refractivity contribution is 7.19. The smallest absolute Gasteiger partial charge is 0.228 e. The number of nitrogens with zero attached hydrogens (tertiary/aromatic N) is 5. The minimum Gasteiger partial charge on any atom is -0.390 e. The summed E-state index contributed by atoms with van der Waals surface area (Å²) >= 11 is 1.82. The van der Waals surface area contributed by atoms with Crippen molar-refractivity contribution in [3.8, 4) is 0 Å². The molecule has 8 nitrogen and oxygen atoms in total. The van der Waals surface area contributed by atoms with Gasteiger partial charge in [0, 0.05) is 50.7 Å². The van der Waals surface area contributed by atoms with E-state index >= 15 is 0 Å². The van der Waals surface area contributed by atoms with E-state index in [1.165, 1.54) is 36.1 Å². The average Bonchev–Trinajstić information content (AvgIpc) is 3.46. The summed E-state index contributed by atoms with van der Waals surface area (Å²) in [4.78, 5) is 20.3. The van der Waals surface area contributed by atoms with Gasteiger partial charge in [-0.2, -0.15) is 0 Å². The number of hydrogen-bond acceptors (Lipinski definition) is 9. The molecule has 2 aliphatic heterocycles. The molecule has 5 heterocycles. The van der Waals surface area contributed by atoms with Crippen molar-refractivity contribution in [2.75, 3.05) is 49.5 Å². The first-order valence-corrected chi connectivity index (χ1v) is 12.9. The highest BCUT2D eigenvalue weighted by atomic mass is 32.1. The highest BCUT2D eigenvalue weighted by Gasteiger charge is 2.30. The van der Waals surface area contributed by atoms with Crippen molar-refractivity contribution in [3.63, 3.8) is 0 Å². The number of aliphatic hydroxyl groups is 1. The monoisotopic (exact) mass is 465 g/mol. The zero-order valence-corrected chi connectivity index (χ0v) is 19.7. The molecule has 3 aromatic rings. The Morgan fingerprint density at radius 3 is 2.64 bits per heavy atom. The molecule has 2 saturated heterocycles. The SMILES string of the molecule is OC1CN(Cc2sc3cnc(Nc4ccc(N5CCNCC5)cn4)nc3c2C2CCCC2)C1. The van der Waals surface area contributed by atoms with Gasteiger partial charge in [-0.05, 0) is 36.5 Å². The standard InChI is InChI=1S/C24H31N7OS/c32-18-13-30(14-18)15-20-22(16-3-1-2-4-16)23-19(33-20)12-27-24(29-23)28-21-6-5-17(11-26-21)31-9-7-25-8-10-31/h5-6,11-12,16,18,25,32H,1-4,7-10,13-15H2,(H,26,27,28,29). The maximum absolute atomic E-state index is 9.70. The van der Waals surface area contributed by atoms with Crippen LogP contribution in [0.4, 0.5) is 17.5 Å². The number of piperazine rings is 1. The second-order valence-electron chi connectivity index (χ2n) is 9.44. The van der Waals surface area contributed by atoms with Crippen molar-refractivity contribution in [2.45, 2.75) is 44.2 Å². The van der Waals surface area contributed by atoms with E-state index in [1.54, 1.807) is 0 Å². The first-order chi connectivity index (χ1) is 16.2. The molecular formula is C24H31N7OS. The average molecular weight is 466 g/mol. The summed E-state index contributed by atoms with van der Waals surface area (Å²) in [5.41, 5.74) is 3.67. The number of aliphatic hydroxyl groups excluding tert-OH is 1. The Hall–Kier alpha value is -2.33. The quantitative estimate of drug-likeness (QED) is 0.512. The number of rotatable bonds is 6. The lowest BCUT2D eigenvalue weighted by atomic mass is 9.96. The number of thiophene rings is 1. The second-order valence-corrected chi connectivity index (χ2v) is 10.6. The largest absolute Gasteiger partial charge is 0.390 e. The van der Waals surface area contributed by atoms with Crippen LogP contribution in [0.5, 0.6) is 0 Å². The second kappa shape index (κ2) is 9.13. The molecule has 6 rings (SSSR count). The normalized spacial score (nSPS) is 20.5. The van der Waals surface area contributed by atoms with E-state index < -0.39 is 0 Å². The Kier molecular flexibility index (Phi) is 5.87. The molecule has 174 valence electrons. The van der Waals surface area contributed by atoms with Crippen LogP contribution in [0.3, 0.4) is 0 Å². The molecule has 3 aliphatic rings. The minimum absolute atomic E-state index is 0.171. The molecule has 3 fully saturated rings. The molecule has 0 unspecified atom stereocenters. The van der Waals surface area contributed by atoms with E-state index in [-0.39, 0.29) is 6.10 Å². The Labute approximate surface area is 198 Å². The third-order valence-electron chi connectivity index (χ3n) is 7.08. The molecule has 0 amide bonds. The van der Waals surface area contributed by atoms with Gasteiger partial charge in [-0.25, -0.2) is 15.0 Å². The molecule has 1 aliphatic carbocycles. The minimum atomic E-state index is -0.171. The van der Waals surface area contributed by atoms with Crippen molar-refractivity contribution < 1.29 is 5.11 Å². The van der Waals surface area contributed by atoms with Crippen molar-refractivity contribution >= 4 is 39.0 Å². The summed E-state index contributed by atoms with van der Waals surface area (Å²) in [6.07, 6.45) is 8.78. The molecular weight excluding hydrogens is 434 g/mol. The zero-order chi connectivity index (χ0) is 22.2. The topological polar surface area (TPSA) is 89.4 Å². The predicted octanol–water partition coefficient (Wildman–Crippen LogP) is 3.07. The number of anilines is 3. The summed E-state index contributed by atoms with van der Waals surface area (Å²) in [5, 5.41) is 16.4. The van der Waals surface area contributed by atoms with Gasteiger partial charge >= 0.3 is 0 Å². The molecule has 0 aromatic carbocycles. The zero-order valence-electron chi connectivity index (χ0n) is 18.8. The van der Waals surface area contributed by atoms with Gasteiger partial charge in [-0.3, -0.25) is 4.90 Å². The van der Waals surface area contributed by atoms with Gasteiger partial charge < -0.3 is 20.6 Å². The fraction of sp³-hybridized carbons (Fsp3) is 0.542. The Balaban J connectivity index is 1.25. The summed E-state index contributed by atoms with van der Waals surface area (Å²) in [6.45, 7) is 6.49. The molecule has 3 N–H and O–H groups in total. The van der Waals surface area contributed by atoms with E-state index in [4.69, 9.17) is 4.98 Å². The van der Waals surface area contributed by atoms with Crippen molar-refractivity contribution in [1.82, 2.24) is 25.2 Å². The van der Waals surface area contributed by atoms with E-state index in [1.807, 2.05) is 29.8 Å². The maximum atomic E-state index is 9.70. The molecule has 3 aromatic heterocycles.